The molecule has 1 heteroatoms. The lowest BCUT2D eigenvalue weighted by molar-refractivity contribution is 1.07. The summed E-state index contributed by atoms with van der Waals surface area (Å²) in [4.78, 5) is 0. The van der Waals surface area contributed by atoms with Crippen molar-refractivity contribution < 1.29 is 0 Å². The first-order chi connectivity index (χ1) is 5.26. The molecule has 11 heavy (non-hydrogen) atoms. The molecule has 0 heterocycles. The van der Waals surface area contributed by atoms with E-state index in [1.165, 1.54) is 5.57 Å². The van der Waals surface area contributed by atoms with E-state index in [0.717, 1.165) is 5.70 Å². The Morgan fingerprint density at radius 1 is 1.36 bits per heavy atom. The molecule has 0 aliphatic heterocycles. The molecule has 0 aliphatic rings. The summed E-state index contributed by atoms with van der Waals surface area (Å²) in [5.41, 5.74) is 2.22. The van der Waals surface area contributed by atoms with Crippen LogP contribution >= 0.6 is 0 Å². The monoisotopic (exact) mass is 149 g/mol. The molecular weight excluding hydrogens is 134 g/mol. The Balaban J connectivity index is 4.45. The summed E-state index contributed by atoms with van der Waals surface area (Å²) < 4.78 is 0. The van der Waals surface area contributed by atoms with Crippen LogP contribution in [0, 0.1) is 0 Å². The van der Waals surface area contributed by atoms with Crippen molar-refractivity contribution in [2.75, 3.05) is 0 Å². The van der Waals surface area contributed by atoms with E-state index in [2.05, 4.69) is 18.5 Å². The molecule has 0 fully saturated rings. The predicted octanol–water partition coefficient (Wildman–Crippen LogP) is 2.76. The number of hydrogen-bond donors (Lipinski definition) is 1. The minimum atomic E-state index is 1.04. The minimum Gasteiger partial charge on any atom is -0.362 e. The van der Waals surface area contributed by atoms with Gasteiger partial charge in [0.25, 0.3) is 0 Å². The van der Waals surface area contributed by atoms with Crippen molar-refractivity contribution in [2.45, 2.75) is 13.8 Å². The van der Waals surface area contributed by atoms with Gasteiger partial charge in [-0.1, -0.05) is 25.3 Å². The van der Waals surface area contributed by atoms with Crippen LogP contribution in [0.25, 0.3) is 0 Å². The number of nitrogens with one attached hydrogen (secondary N) is 1. The molecule has 0 rings (SSSR count). The maximum absolute atomic E-state index is 3.62. The zero-order valence-corrected chi connectivity index (χ0v) is 7.22. The van der Waals surface area contributed by atoms with E-state index in [9.17, 15) is 0 Å². The Labute approximate surface area is 68.8 Å². The van der Waals surface area contributed by atoms with Crippen molar-refractivity contribution in [3.63, 3.8) is 0 Å². The van der Waals surface area contributed by atoms with Crippen molar-refractivity contribution in [2.24, 2.45) is 0 Å². The Morgan fingerprint density at radius 3 is 2.36 bits per heavy atom. The van der Waals surface area contributed by atoms with Gasteiger partial charge in [0.15, 0.2) is 0 Å². The normalized spacial score (nSPS) is 12.5. The molecule has 0 atom stereocenters. The van der Waals surface area contributed by atoms with Crippen molar-refractivity contribution >= 4 is 0 Å². The number of hydrogen-bond acceptors (Lipinski definition) is 1. The highest BCUT2D eigenvalue weighted by Gasteiger charge is 1.92. The van der Waals surface area contributed by atoms with Gasteiger partial charge in [-0.05, 0) is 31.7 Å². The molecule has 0 aliphatic carbocycles. The molecule has 0 bridgehead atoms. The van der Waals surface area contributed by atoms with Crippen molar-refractivity contribution in [3.05, 3.63) is 48.9 Å². The summed E-state index contributed by atoms with van der Waals surface area (Å²) in [5, 5.41) is 3.02. The summed E-state index contributed by atoms with van der Waals surface area (Å²) >= 11 is 0. The second kappa shape index (κ2) is 5.54. The summed E-state index contributed by atoms with van der Waals surface area (Å²) in [7, 11) is 0. The maximum atomic E-state index is 3.62. The van der Waals surface area contributed by atoms with Gasteiger partial charge in [0.2, 0.25) is 0 Å². The van der Waals surface area contributed by atoms with Gasteiger partial charge in [-0.3, -0.25) is 0 Å². The van der Waals surface area contributed by atoms with E-state index in [0.29, 0.717) is 0 Å². The number of rotatable bonds is 4. The van der Waals surface area contributed by atoms with Gasteiger partial charge in [-0.2, -0.15) is 0 Å². The molecule has 1 nitrogen and oxygen atoms in total. The van der Waals surface area contributed by atoms with Gasteiger partial charge in [0.1, 0.15) is 0 Å². The molecule has 1 N–H and O–H groups in total. The van der Waals surface area contributed by atoms with Crippen molar-refractivity contribution in [1.29, 1.82) is 0 Å². The van der Waals surface area contributed by atoms with Crippen molar-refractivity contribution in [3.8, 4) is 0 Å². The van der Waals surface area contributed by atoms with E-state index in [1.54, 1.807) is 12.3 Å². The summed E-state index contributed by atoms with van der Waals surface area (Å²) in [5.74, 6) is 0. The summed E-state index contributed by atoms with van der Waals surface area (Å²) in [6.45, 7) is 11.2. The number of allylic oxidation sites excluding steroid dienone is 4. The van der Waals surface area contributed by atoms with E-state index < -0.39 is 0 Å². The molecule has 0 aromatic heterocycles. The van der Waals surface area contributed by atoms with Crippen LogP contribution in [0.1, 0.15) is 13.8 Å². The quantitative estimate of drug-likeness (QED) is 0.606. The first-order valence-electron chi connectivity index (χ1n) is 3.59. The maximum Gasteiger partial charge on any atom is 0.0405 e. The zero-order chi connectivity index (χ0) is 8.69. The second-order valence-corrected chi connectivity index (χ2v) is 2.14. The molecule has 0 aromatic rings. The Morgan fingerprint density at radius 2 is 2.00 bits per heavy atom. The summed E-state index contributed by atoms with van der Waals surface area (Å²) in [6, 6.07) is 0. The highest BCUT2D eigenvalue weighted by atomic mass is 14.8. The fraction of sp³-hybridized carbons (Fsp3) is 0.200. The second-order valence-electron chi connectivity index (χ2n) is 2.14. The third-order valence-corrected chi connectivity index (χ3v) is 1.40. The van der Waals surface area contributed by atoms with E-state index in [-0.39, 0.29) is 0 Å². The average Bonchev–Trinajstić information content (AvgIpc) is 2.03. The zero-order valence-electron chi connectivity index (χ0n) is 7.22. The van der Waals surface area contributed by atoms with Gasteiger partial charge < -0.3 is 5.32 Å². The third-order valence-electron chi connectivity index (χ3n) is 1.40. The lowest BCUT2D eigenvalue weighted by Crippen LogP contribution is -2.04. The smallest absolute Gasteiger partial charge is 0.0405 e. The molecule has 0 unspecified atom stereocenters. The van der Waals surface area contributed by atoms with Gasteiger partial charge in [0, 0.05) is 5.70 Å². The van der Waals surface area contributed by atoms with Crippen LogP contribution in [-0.4, -0.2) is 0 Å². The largest absolute Gasteiger partial charge is 0.362 e. The Kier molecular flexibility index (Phi) is 4.91. The van der Waals surface area contributed by atoms with Crippen LogP contribution in [0.4, 0.5) is 0 Å². The highest BCUT2D eigenvalue weighted by Crippen LogP contribution is 2.04. The molecule has 0 spiro atoms. The van der Waals surface area contributed by atoms with Crippen LogP contribution in [0.3, 0.4) is 0 Å². The van der Waals surface area contributed by atoms with Gasteiger partial charge in [-0.25, -0.2) is 0 Å². The lowest BCUT2D eigenvalue weighted by atomic mass is 10.2. The fourth-order valence-corrected chi connectivity index (χ4v) is 0.677. The first kappa shape index (κ1) is 9.76. The van der Waals surface area contributed by atoms with Crippen LogP contribution in [0.15, 0.2) is 48.9 Å². The van der Waals surface area contributed by atoms with E-state index >= 15 is 0 Å². The standard InChI is InChI=1S/C10H15N/c1-5-8-10(11-7-3)9(4)6-2/h5-8,11H,1,3H2,2,4H3/b9-6-,10-8+. The van der Waals surface area contributed by atoms with Crippen LogP contribution in [0.2, 0.25) is 0 Å². The topological polar surface area (TPSA) is 12.0 Å². The molecular formula is C10H15N. The van der Waals surface area contributed by atoms with Gasteiger partial charge >= 0.3 is 0 Å². The first-order valence-corrected chi connectivity index (χ1v) is 3.59. The molecule has 0 radical (unpaired) electrons. The molecule has 0 saturated heterocycles. The van der Waals surface area contributed by atoms with Crippen LogP contribution < -0.4 is 5.32 Å². The Hall–Kier alpha value is -1.24. The molecule has 0 aromatic carbocycles. The third kappa shape index (κ3) is 3.46. The predicted molar refractivity (Wildman–Crippen MR) is 51.0 cm³/mol. The molecule has 0 saturated carbocycles. The molecule has 60 valence electrons. The fourth-order valence-electron chi connectivity index (χ4n) is 0.677. The summed E-state index contributed by atoms with van der Waals surface area (Å²) in [6.07, 6.45) is 7.35. The minimum absolute atomic E-state index is 1.04. The van der Waals surface area contributed by atoms with Crippen LogP contribution in [0.5, 0.6) is 0 Å². The average molecular weight is 149 g/mol. The Bertz CT molecular complexity index is 197. The van der Waals surface area contributed by atoms with Crippen molar-refractivity contribution in [1.82, 2.24) is 5.32 Å². The van der Waals surface area contributed by atoms with Gasteiger partial charge in [0.05, 0.1) is 0 Å². The highest BCUT2D eigenvalue weighted by molar-refractivity contribution is 5.30. The van der Waals surface area contributed by atoms with Crippen LogP contribution in [-0.2, 0) is 0 Å². The van der Waals surface area contributed by atoms with E-state index in [4.69, 9.17) is 0 Å². The SMILES string of the molecule is C=C/C=C(NC=C)\C(C)=C/C. The molecule has 0 amide bonds. The van der Waals surface area contributed by atoms with E-state index in [1.807, 2.05) is 26.0 Å². The lowest BCUT2D eigenvalue weighted by Gasteiger charge is -2.05. The van der Waals surface area contributed by atoms with Gasteiger partial charge in [-0.15, -0.1) is 0 Å².